The van der Waals surface area contributed by atoms with Crippen molar-refractivity contribution in [3.63, 3.8) is 0 Å². The van der Waals surface area contributed by atoms with Gasteiger partial charge in [0.15, 0.2) is 0 Å². The highest BCUT2D eigenvalue weighted by Crippen LogP contribution is 2.00. The standard InChI is InChI=1S/3C7H9N.8C6H8N2.11C2H6/c1-6-3-7(2)5-8-4-6;2*1-6-3-4-8-7(2)5-6;2*1-5-3-8-6(2)4-7-5;1-5-3-7-4-6(2)8-5;1-5-3-6(2)8-4-7-5;2*1-5-3-7-6(2)8-4-5;2*1-5-3-4-7-6(2)8-5;11*1-2/h3*3-5H,1-2H3;8*3-4H,1-2H3;11*1-2H3. The second-order valence-electron chi connectivity index (χ2n) is 20.3. The summed E-state index contributed by atoms with van der Waals surface area (Å²) < 4.78 is 0. The highest BCUT2D eigenvalue weighted by Gasteiger charge is 1.90. The molecule has 11 aromatic heterocycles. The molecule has 0 unspecified atom stereocenters. The topological polar surface area (TPSA) is 245 Å². The second-order valence-corrected chi connectivity index (χ2v) is 20.3. The van der Waals surface area contributed by atoms with Crippen LogP contribution in [0.25, 0.3) is 0 Å². The third kappa shape index (κ3) is 92.3. The lowest BCUT2D eigenvalue weighted by molar-refractivity contribution is 1.01. The van der Waals surface area contributed by atoms with Crippen LogP contribution in [-0.4, -0.2) is 94.7 Å². The number of hydrogen-bond acceptors (Lipinski definition) is 19. The van der Waals surface area contributed by atoms with Crippen LogP contribution in [0.2, 0.25) is 0 Å². The fourth-order valence-electron chi connectivity index (χ4n) is 6.23. The van der Waals surface area contributed by atoms with E-state index < -0.39 is 0 Å². The van der Waals surface area contributed by atoms with Gasteiger partial charge in [-0.1, -0.05) is 158 Å². The molecule has 0 spiro atoms. The number of rotatable bonds is 0. The maximum atomic E-state index is 4.11. The molecule has 0 amide bonds. The molecule has 0 saturated carbocycles. The molecule has 0 N–H and O–H groups in total. The minimum absolute atomic E-state index is 0.829. The lowest BCUT2D eigenvalue weighted by Crippen LogP contribution is -1.86. The van der Waals surface area contributed by atoms with E-state index in [0.717, 1.165) is 103 Å². The molecule has 616 valence electrons. The fourth-order valence-corrected chi connectivity index (χ4v) is 6.23. The zero-order valence-corrected chi connectivity index (χ0v) is 77.9. The van der Waals surface area contributed by atoms with E-state index in [1.165, 1.54) is 22.3 Å². The van der Waals surface area contributed by atoms with Gasteiger partial charge in [-0.05, 0) is 228 Å². The normalized spacial score (nSPS) is 8.00. The van der Waals surface area contributed by atoms with Crippen molar-refractivity contribution in [2.75, 3.05) is 0 Å². The highest BCUT2D eigenvalue weighted by atomic mass is 14.9. The smallest absolute Gasteiger partial charge is 0.125 e. The summed E-state index contributed by atoms with van der Waals surface area (Å²) in [5, 5.41) is 0. The predicted molar refractivity (Wildman–Crippen MR) is 478 cm³/mol. The number of aryl methyl sites for hydroxylation is 22. The Bertz CT molecular complexity index is 2800. The number of pyridine rings is 3. The van der Waals surface area contributed by atoms with Gasteiger partial charge in [0.2, 0.25) is 0 Å². The van der Waals surface area contributed by atoms with E-state index in [1.54, 1.807) is 55.9 Å². The van der Waals surface area contributed by atoms with E-state index >= 15 is 0 Å². The quantitative estimate of drug-likeness (QED) is 0.137. The van der Waals surface area contributed by atoms with Crippen LogP contribution in [0.1, 0.15) is 277 Å². The average Bonchev–Trinajstić information content (AvgIpc) is 0.959. The summed E-state index contributed by atoms with van der Waals surface area (Å²) in [6.07, 6.45) is 30.2. The molecule has 11 heterocycles. The minimum atomic E-state index is 0.829. The molecule has 11 aromatic rings. The Hall–Kier alpha value is -9.91. The van der Waals surface area contributed by atoms with Crippen molar-refractivity contribution < 1.29 is 0 Å². The Morgan fingerprint density at radius 1 is 0.155 bits per heavy atom. The second kappa shape index (κ2) is 95.2. The maximum Gasteiger partial charge on any atom is 0.125 e. The molecule has 0 aromatic carbocycles. The van der Waals surface area contributed by atoms with Gasteiger partial charge >= 0.3 is 0 Å². The molecule has 11 rings (SSSR count). The first-order chi connectivity index (χ1) is 52.7. The van der Waals surface area contributed by atoms with E-state index in [1.807, 2.05) is 371 Å². The van der Waals surface area contributed by atoms with Gasteiger partial charge in [-0.15, -0.1) is 0 Å². The van der Waals surface area contributed by atoms with Gasteiger partial charge in [0.25, 0.3) is 0 Å². The van der Waals surface area contributed by atoms with Crippen molar-refractivity contribution in [1.82, 2.24) is 94.7 Å². The third-order valence-corrected chi connectivity index (χ3v) is 10.4. The van der Waals surface area contributed by atoms with Crippen molar-refractivity contribution in [2.24, 2.45) is 0 Å². The lowest BCUT2D eigenvalue weighted by Gasteiger charge is -1.90. The average molecular weight is 1520 g/mol. The van der Waals surface area contributed by atoms with Gasteiger partial charge in [0, 0.05) is 133 Å². The molecule has 0 aliphatic heterocycles. The minimum Gasteiger partial charge on any atom is -0.264 e. The maximum absolute atomic E-state index is 4.11. The molecule has 0 radical (unpaired) electrons. The van der Waals surface area contributed by atoms with Crippen molar-refractivity contribution in [3.05, 3.63) is 279 Å². The van der Waals surface area contributed by atoms with Gasteiger partial charge < -0.3 is 0 Å². The third-order valence-electron chi connectivity index (χ3n) is 10.4. The van der Waals surface area contributed by atoms with Crippen LogP contribution in [0.4, 0.5) is 0 Å². The highest BCUT2D eigenvalue weighted by molar-refractivity contribution is 5.15. The molecule has 0 atom stereocenters. The van der Waals surface area contributed by atoms with Crippen molar-refractivity contribution >= 4 is 0 Å². The summed E-state index contributed by atoms with van der Waals surface area (Å²) in [6, 6.07) is 15.9. The van der Waals surface area contributed by atoms with Crippen molar-refractivity contribution in [3.8, 4) is 0 Å². The summed E-state index contributed by atoms with van der Waals surface area (Å²) >= 11 is 0. The fraction of sp³-hybridized carbons (Fsp3) is 0.484. The zero-order chi connectivity index (χ0) is 87.8. The van der Waals surface area contributed by atoms with Gasteiger partial charge in [0.05, 0.1) is 34.2 Å². The molecule has 19 nitrogen and oxygen atoms in total. The number of hydrogen-bond donors (Lipinski definition) is 0. The molecule has 0 saturated heterocycles. The first-order valence-corrected chi connectivity index (χ1v) is 39.4. The Morgan fingerprint density at radius 3 is 0.564 bits per heavy atom. The van der Waals surface area contributed by atoms with Crippen molar-refractivity contribution in [1.29, 1.82) is 0 Å². The van der Waals surface area contributed by atoms with Gasteiger partial charge in [0.1, 0.15) is 29.6 Å². The summed E-state index contributed by atoms with van der Waals surface area (Å²) in [5.74, 6) is 3.33. The Morgan fingerprint density at radius 2 is 0.409 bits per heavy atom. The van der Waals surface area contributed by atoms with Crippen LogP contribution in [0.5, 0.6) is 0 Å². The lowest BCUT2D eigenvalue weighted by atomic mass is 10.2. The molecule has 0 aliphatic carbocycles. The van der Waals surface area contributed by atoms with E-state index in [-0.39, 0.29) is 0 Å². The zero-order valence-electron chi connectivity index (χ0n) is 77.9. The van der Waals surface area contributed by atoms with Crippen molar-refractivity contribution in [2.45, 2.75) is 305 Å². The molecule has 0 bridgehead atoms. The summed E-state index contributed by atoms with van der Waals surface area (Å²) in [5.41, 5.74) is 19.3. The van der Waals surface area contributed by atoms with E-state index in [4.69, 9.17) is 0 Å². The molecule has 0 fully saturated rings. The van der Waals surface area contributed by atoms with E-state index in [9.17, 15) is 0 Å². The molecule has 110 heavy (non-hydrogen) atoms. The molecular formula is C91H157N19. The summed E-state index contributed by atoms with van der Waals surface area (Å²) in [6.45, 7) is 87.0. The largest absolute Gasteiger partial charge is 0.264 e. The SMILES string of the molecule is CC.CC.CC.CC.CC.CC.CC.CC.CC.CC.CC.Cc1cc(C)ncn1.Cc1ccnc(C)c1.Cc1ccnc(C)c1.Cc1ccnc(C)n1.Cc1ccnc(C)n1.Cc1cnc(C)cn1.Cc1cnc(C)cn1.Cc1cnc(C)nc1.Cc1cnc(C)nc1.Cc1cncc(C)c1.Cc1cncc(C)n1. The van der Waals surface area contributed by atoms with Crippen LogP contribution in [0.15, 0.2) is 154 Å². The predicted octanol–water partition coefficient (Wildman–Crippen LogP) is 25.1. The Kier molecular flexibility index (Phi) is 107. The number of aromatic nitrogens is 19. The molecular weight excluding hydrogens is 1360 g/mol. The molecule has 0 aliphatic rings. The van der Waals surface area contributed by atoms with Gasteiger partial charge in [-0.3, -0.25) is 44.9 Å². The van der Waals surface area contributed by atoms with Crippen LogP contribution < -0.4 is 0 Å². The van der Waals surface area contributed by atoms with Crippen LogP contribution in [0.3, 0.4) is 0 Å². The van der Waals surface area contributed by atoms with Gasteiger partial charge in [-0.25, -0.2) is 49.8 Å². The van der Waals surface area contributed by atoms with Gasteiger partial charge in [-0.2, -0.15) is 0 Å². The first-order valence-electron chi connectivity index (χ1n) is 39.4. The summed E-state index contributed by atoms with van der Waals surface area (Å²) in [4.78, 5) is 75.9. The summed E-state index contributed by atoms with van der Waals surface area (Å²) in [7, 11) is 0. The Labute approximate surface area is 674 Å². The molecule has 19 heteroatoms. The first kappa shape index (κ1) is 124. The van der Waals surface area contributed by atoms with E-state index in [2.05, 4.69) is 127 Å². The van der Waals surface area contributed by atoms with Crippen LogP contribution in [-0.2, 0) is 0 Å². The van der Waals surface area contributed by atoms with E-state index in [0.29, 0.717) is 0 Å². The Balaban J connectivity index is -0.000000106. The van der Waals surface area contributed by atoms with Crippen LogP contribution in [0, 0.1) is 152 Å². The van der Waals surface area contributed by atoms with Crippen LogP contribution >= 0.6 is 0 Å². The monoisotopic (exact) mass is 1520 g/mol. The number of nitrogens with zero attached hydrogens (tertiary/aromatic N) is 19.